The van der Waals surface area contributed by atoms with E-state index in [4.69, 9.17) is 15.6 Å². The van der Waals surface area contributed by atoms with Crippen molar-refractivity contribution in [3.8, 4) is 11.1 Å². The van der Waals surface area contributed by atoms with E-state index in [0.717, 1.165) is 17.7 Å². The van der Waals surface area contributed by atoms with Gasteiger partial charge in [-0.2, -0.15) is 13.2 Å². The van der Waals surface area contributed by atoms with Crippen LogP contribution in [0.5, 0.6) is 0 Å². The summed E-state index contributed by atoms with van der Waals surface area (Å²) in [5.74, 6) is -4.92. The van der Waals surface area contributed by atoms with E-state index in [2.05, 4.69) is 26.6 Å². The highest BCUT2D eigenvalue weighted by atomic mass is 19.4. The van der Waals surface area contributed by atoms with Crippen LogP contribution in [0.2, 0.25) is 0 Å². The van der Waals surface area contributed by atoms with Crippen LogP contribution in [-0.4, -0.2) is 116 Å². The van der Waals surface area contributed by atoms with Gasteiger partial charge in [0.05, 0.1) is 30.6 Å². The number of rotatable bonds is 13. The van der Waals surface area contributed by atoms with Crippen molar-refractivity contribution in [2.45, 2.75) is 63.3 Å². The topological polar surface area (TPSA) is 238 Å². The van der Waals surface area contributed by atoms with E-state index in [1.165, 1.54) is 29.2 Å². The molecule has 380 valence electrons. The minimum Gasteiger partial charge on any atom is -0.478 e. The molecule has 0 unspecified atom stereocenters. The number of nitrogens with one attached hydrogen (secondary N) is 5. The van der Waals surface area contributed by atoms with Crippen LogP contribution in [0.15, 0.2) is 121 Å². The average Bonchev–Trinajstić information content (AvgIpc) is 3.36. The number of nitrogens with two attached hydrogens (primary N) is 1. The van der Waals surface area contributed by atoms with Crippen LogP contribution in [-0.2, 0) is 64.1 Å². The van der Waals surface area contributed by atoms with Gasteiger partial charge in [-0.05, 0) is 64.6 Å². The van der Waals surface area contributed by atoms with Crippen molar-refractivity contribution in [1.82, 2.24) is 31.5 Å². The highest BCUT2D eigenvalue weighted by Gasteiger charge is 2.44. The minimum absolute atomic E-state index is 0.00698. The van der Waals surface area contributed by atoms with E-state index in [1.54, 1.807) is 48.5 Å². The summed E-state index contributed by atoms with van der Waals surface area (Å²) in [4.78, 5) is 95.8. The fraction of sp³-hybridized carbons (Fsp3) is 0.340. The molecule has 8 N–H and O–H groups in total. The van der Waals surface area contributed by atoms with Gasteiger partial charge in [-0.1, -0.05) is 103 Å². The van der Waals surface area contributed by atoms with E-state index in [0.29, 0.717) is 60.4 Å². The lowest BCUT2D eigenvalue weighted by molar-refractivity contribution is -0.141. The third kappa shape index (κ3) is 15.4. The van der Waals surface area contributed by atoms with Gasteiger partial charge in [0.1, 0.15) is 12.1 Å². The summed E-state index contributed by atoms with van der Waals surface area (Å²) in [6, 6.07) is 26.1. The molecule has 1 fully saturated rings. The quantitative estimate of drug-likeness (QED) is 0.0756. The highest BCUT2D eigenvalue weighted by Crippen LogP contribution is 2.36. The van der Waals surface area contributed by atoms with Crippen molar-refractivity contribution in [3.63, 3.8) is 0 Å². The van der Waals surface area contributed by atoms with Crippen molar-refractivity contribution < 1.29 is 56.6 Å². The molecule has 0 aliphatic carbocycles. The van der Waals surface area contributed by atoms with E-state index in [-0.39, 0.29) is 70.1 Å². The van der Waals surface area contributed by atoms with Crippen LogP contribution in [0.4, 0.5) is 13.2 Å². The second kappa shape index (κ2) is 25.5. The number of carbonyl (C=O) groups excluding carboxylic acids is 6. The van der Waals surface area contributed by atoms with E-state index >= 15 is 0 Å². The maximum absolute atomic E-state index is 14.9. The molecule has 0 spiro atoms. The fourth-order valence-corrected chi connectivity index (χ4v) is 8.70. The molecule has 2 bridgehead atoms. The smallest absolute Gasteiger partial charge is 0.417 e. The molecule has 4 aromatic carbocycles. The van der Waals surface area contributed by atoms with Crippen molar-refractivity contribution in [2.75, 3.05) is 45.9 Å². The van der Waals surface area contributed by atoms with Gasteiger partial charge >= 0.3 is 12.1 Å². The SMILES string of the molecule is NCCOCCNC(=O)[C@@H]1CCNC(=O)/C=C/C(=O)N2CCC[C@](Cc3ccccc3)(C2)C(=O)N[C@@H](Cc2ccc(-c3ccc(/C(=C/C(=O)O)C(F)(F)F)cc3)cc2)C(=O)NCc2ccccc2CC(=O)N1. The number of hydrogen-bond donors (Lipinski definition) is 7. The zero-order valence-electron chi connectivity index (χ0n) is 39.5. The number of amides is 6. The van der Waals surface area contributed by atoms with Crippen molar-refractivity contribution in [3.05, 3.63) is 149 Å². The summed E-state index contributed by atoms with van der Waals surface area (Å²) in [6.07, 6.45) is -1.76. The Labute approximate surface area is 414 Å². The van der Waals surface area contributed by atoms with Crippen molar-refractivity contribution in [1.29, 1.82) is 0 Å². The first-order valence-electron chi connectivity index (χ1n) is 23.5. The third-order valence-corrected chi connectivity index (χ3v) is 12.4. The summed E-state index contributed by atoms with van der Waals surface area (Å²) in [5.41, 5.74) is 6.35. The number of aliphatic carboxylic acids is 1. The molecular formula is C53H58F3N7O9. The van der Waals surface area contributed by atoms with Crippen molar-refractivity contribution >= 4 is 47.0 Å². The molecule has 6 rings (SSSR count). The number of carboxylic acid groups (broad SMARTS) is 1. The number of halogens is 3. The Morgan fingerprint density at radius 1 is 0.833 bits per heavy atom. The first kappa shape index (κ1) is 53.7. The van der Waals surface area contributed by atoms with E-state index in [1.807, 2.05) is 30.3 Å². The van der Waals surface area contributed by atoms with Crippen LogP contribution in [0.25, 0.3) is 16.7 Å². The van der Waals surface area contributed by atoms with Crippen LogP contribution in [0.3, 0.4) is 0 Å². The van der Waals surface area contributed by atoms with Crippen LogP contribution in [0, 0.1) is 5.41 Å². The van der Waals surface area contributed by atoms with Gasteiger partial charge in [0.25, 0.3) is 0 Å². The van der Waals surface area contributed by atoms with Crippen LogP contribution < -0.4 is 32.3 Å². The summed E-state index contributed by atoms with van der Waals surface area (Å²) in [7, 11) is 0. The number of carboxylic acids is 1. The summed E-state index contributed by atoms with van der Waals surface area (Å²) >= 11 is 0. The van der Waals surface area contributed by atoms with Crippen molar-refractivity contribution in [2.24, 2.45) is 11.1 Å². The molecule has 0 aromatic heterocycles. The molecule has 2 aliphatic heterocycles. The molecule has 3 atom stereocenters. The monoisotopic (exact) mass is 993 g/mol. The maximum atomic E-state index is 14.9. The number of piperidine rings is 1. The molecule has 4 aromatic rings. The second-order valence-electron chi connectivity index (χ2n) is 17.6. The molecule has 0 radical (unpaired) electrons. The Kier molecular flexibility index (Phi) is 19.0. The van der Waals surface area contributed by atoms with Gasteiger partial charge in [-0.15, -0.1) is 0 Å². The normalized spacial score (nSPS) is 20.3. The molecule has 2 heterocycles. The largest absolute Gasteiger partial charge is 0.478 e. The molecule has 0 saturated carbocycles. The first-order chi connectivity index (χ1) is 34.5. The fourth-order valence-electron chi connectivity index (χ4n) is 8.70. The number of alkyl halides is 3. The Morgan fingerprint density at radius 2 is 1.51 bits per heavy atom. The van der Waals surface area contributed by atoms with Gasteiger partial charge in [-0.25, -0.2) is 4.79 Å². The van der Waals surface area contributed by atoms with Gasteiger partial charge in [-0.3, -0.25) is 28.8 Å². The Bertz CT molecular complexity index is 2630. The van der Waals surface area contributed by atoms with Gasteiger partial charge in [0.2, 0.25) is 35.4 Å². The number of fused-ring (bicyclic) bond motifs is 3. The molecule has 1 saturated heterocycles. The zero-order valence-corrected chi connectivity index (χ0v) is 39.5. The number of carbonyl (C=O) groups is 7. The molecule has 72 heavy (non-hydrogen) atoms. The summed E-state index contributed by atoms with van der Waals surface area (Å²) in [6.45, 7) is 1.11. The Morgan fingerprint density at radius 3 is 2.19 bits per heavy atom. The Hall–Kier alpha value is -7.64. The Balaban J connectivity index is 1.31. The second-order valence-corrected chi connectivity index (χ2v) is 17.6. The van der Waals surface area contributed by atoms with E-state index in [9.17, 15) is 46.7 Å². The van der Waals surface area contributed by atoms with Crippen LogP contribution in [0.1, 0.15) is 47.1 Å². The molecule has 16 nitrogen and oxygen atoms in total. The van der Waals surface area contributed by atoms with Gasteiger partial charge < -0.3 is 47.1 Å². The number of nitrogens with zero attached hydrogens (tertiary/aromatic N) is 1. The predicted octanol–water partition coefficient (Wildman–Crippen LogP) is 3.77. The summed E-state index contributed by atoms with van der Waals surface area (Å²) < 4.78 is 46.4. The molecule has 6 amide bonds. The maximum Gasteiger partial charge on any atom is 0.417 e. The number of hydrogen-bond acceptors (Lipinski definition) is 9. The lowest BCUT2D eigenvalue weighted by Gasteiger charge is -2.42. The predicted molar refractivity (Wildman–Crippen MR) is 261 cm³/mol. The standard InChI is InChI=1S/C53H58F3N7O9/c54-53(55,56)42(31-48(67)68)39-17-15-38(16-18-39)37-13-11-35(12-14-37)29-44-50(70)60-33-41-10-5-4-9-40(41)30-46(65)61-43(49(69)59-25-28-72-27-23-57)21-24-58-45(64)19-20-47(66)63-26-6-22-52(34-63,51(71)62-44)32-36-7-2-1-3-8-36/h1-5,7-20,31,43-44H,6,21-30,32-34,57H2,(H,58,64)(H,59,69)(H,60,70)(H,61,65)(H,62,71)(H,67,68)/b20-19+,42-31-/t43-,44-,52-/m0/s1. The third-order valence-electron chi connectivity index (χ3n) is 12.4. The summed E-state index contributed by atoms with van der Waals surface area (Å²) in [5, 5.41) is 23.2. The first-order valence-corrected chi connectivity index (χ1v) is 23.5. The molecular weight excluding hydrogens is 936 g/mol. The lowest BCUT2D eigenvalue weighted by atomic mass is 9.74. The molecule has 2 aliphatic rings. The molecule has 19 heteroatoms. The lowest BCUT2D eigenvalue weighted by Crippen LogP contribution is -2.58. The number of ether oxygens (including phenoxy) is 1. The average molecular weight is 994 g/mol. The zero-order chi connectivity index (χ0) is 51.7. The minimum atomic E-state index is -4.90. The van der Waals surface area contributed by atoms with Crippen LogP contribution >= 0.6 is 0 Å². The van der Waals surface area contributed by atoms with E-state index < -0.39 is 70.7 Å². The van der Waals surface area contributed by atoms with Gasteiger partial charge in [0.15, 0.2) is 0 Å². The highest BCUT2D eigenvalue weighted by molar-refractivity contribution is 5.98. The number of allylic oxidation sites excluding steroid dienone is 1. The van der Waals surface area contributed by atoms with Gasteiger partial charge in [0, 0.05) is 63.9 Å². The number of benzene rings is 4.